The van der Waals surface area contributed by atoms with Crippen LogP contribution >= 0.6 is 11.6 Å². The molecule has 0 spiro atoms. The SMILES string of the molecule is O=C(O)c1ccc(Cl)cc1N1C(=O)C2CCCC2C1=O. The van der Waals surface area contributed by atoms with Gasteiger partial charge in [-0.3, -0.25) is 9.59 Å². The number of rotatable bonds is 2. The van der Waals surface area contributed by atoms with E-state index in [1.807, 2.05) is 0 Å². The van der Waals surface area contributed by atoms with Crippen molar-refractivity contribution in [3.05, 3.63) is 28.8 Å². The van der Waals surface area contributed by atoms with E-state index in [1.54, 1.807) is 0 Å². The Kier molecular flexibility index (Phi) is 3.01. The Balaban J connectivity index is 2.09. The van der Waals surface area contributed by atoms with Crippen molar-refractivity contribution in [2.45, 2.75) is 19.3 Å². The number of anilines is 1. The van der Waals surface area contributed by atoms with E-state index in [1.165, 1.54) is 18.2 Å². The van der Waals surface area contributed by atoms with Gasteiger partial charge in [-0.25, -0.2) is 9.69 Å². The molecule has 20 heavy (non-hydrogen) atoms. The molecule has 0 aromatic heterocycles. The van der Waals surface area contributed by atoms with Crippen LogP contribution in [0.15, 0.2) is 18.2 Å². The summed E-state index contributed by atoms with van der Waals surface area (Å²) in [6.45, 7) is 0. The molecule has 1 aliphatic carbocycles. The molecule has 1 aliphatic heterocycles. The van der Waals surface area contributed by atoms with Gasteiger partial charge in [-0.2, -0.15) is 0 Å². The first-order chi connectivity index (χ1) is 9.50. The lowest BCUT2D eigenvalue weighted by Crippen LogP contribution is -2.33. The monoisotopic (exact) mass is 293 g/mol. The maximum Gasteiger partial charge on any atom is 0.337 e. The molecule has 0 bridgehead atoms. The minimum Gasteiger partial charge on any atom is -0.478 e. The van der Waals surface area contributed by atoms with Gasteiger partial charge in [0.15, 0.2) is 0 Å². The lowest BCUT2D eigenvalue weighted by atomic mass is 10.00. The molecule has 2 fully saturated rings. The number of halogens is 1. The Morgan fingerprint density at radius 3 is 2.35 bits per heavy atom. The Bertz CT molecular complexity index is 606. The van der Waals surface area contributed by atoms with E-state index in [0.29, 0.717) is 17.9 Å². The molecule has 5 nitrogen and oxygen atoms in total. The minimum absolute atomic E-state index is 0.0781. The van der Waals surface area contributed by atoms with Crippen LogP contribution in [0.1, 0.15) is 29.6 Å². The van der Waals surface area contributed by atoms with E-state index >= 15 is 0 Å². The number of nitrogens with zero attached hydrogens (tertiary/aromatic N) is 1. The lowest BCUT2D eigenvalue weighted by Gasteiger charge is -2.18. The van der Waals surface area contributed by atoms with Crippen LogP contribution in [0, 0.1) is 11.8 Å². The van der Waals surface area contributed by atoms with E-state index in [-0.39, 0.29) is 34.9 Å². The number of carboxylic acid groups (broad SMARTS) is 1. The first kappa shape index (κ1) is 13.1. The summed E-state index contributed by atoms with van der Waals surface area (Å²) in [5.74, 6) is -2.40. The summed E-state index contributed by atoms with van der Waals surface area (Å²) in [4.78, 5) is 37.0. The second-order valence-corrected chi connectivity index (χ2v) is 5.56. The number of fused-ring (bicyclic) bond motifs is 1. The first-order valence-corrected chi connectivity index (χ1v) is 6.79. The van der Waals surface area contributed by atoms with Crippen molar-refractivity contribution in [3.63, 3.8) is 0 Å². The fourth-order valence-electron chi connectivity index (χ4n) is 3.10. The van der Waals surface area contributed by atoms with Crippen molar-refractivity contribution in [3.8, 4) is 0 Å². The van der Waals surface area contributed by atoms with Gasteiger partial charge in [0, 0.05) is 5.02 Å². The number of carbonyl (C=O) groups excluding carboxylic acids is 2. The molecule has 2 unspecified atom stereocenters. The van der Waals surface area contributed by atoms with Crippen LogP contribution in [-0.2, 0) is 9.59 Å². The zero-order valence-corrected chi connectivity index (χ0v) is 11.3. The topological polar surface area (TPSA) is 74.7 Å². The maximum absolute atomic E-state index is 12.4. The average Bonchev–Trinajstić information content (AvgIpc) is 2.94. The highest BCUT2D eigenvalue weighted by Gasteiger charge is 2.50. The highest BCUT2D eigenvalue weighted by atomic mass is 35.5. The third kappa shape index (κ3) is 1.81. The molecule has 2 amide bonds. The predicted molar refractivity (Wildman–Crippen MR) is 71.7 cm³/mol. The van der Waals surface area contributed by atoms with Gasteiger partial charge in [-0.05, 0) is 31.0 Å². The summed E-state index contributed by atoms with van der Waals surface area (Å²) in [5, 5.41) is 9.49. The molecular formula is C14H12ClNO4. The van der Waals surface area contributed by atoms with E-state index < -0.39 is 5.97 Å². The second-order valence-electron chi connectivity index (χ2n) is 5.12. The van der Waals surface area contributed by atoms with Crippen LogP contribution in [-0.4, -0.2) is 22.9 Å². The van der Waals surface area contributed by atoms with Crippen molar-refractivity contribution < 1.29 is 19.5 Å². The molecular weight excluding hydrogens is 282 g/mol. The van der Waals surface area contributed by atoms with Crippen molar-refractivity contribution in [1.82, 2.24) is 0 Å². The molecule has 1 aromatic carbocycles. The van der Waals surface area contributed by atoms with Gasteiger partial charge in [0.1, 0.15) is 0 Å². The molecule has 1 saturated carbocycles. The first-order valence-electron chi connectivity index (χ1n) is 6.41. The molecule has 3 rings (SSSR count). The number of hydrogen-bond donors (Lipinski definition) is 1. The van der Waals surface area contributed by atoms with Crippen LogP contribution < -0.4 is 4.90 Å². The van der Waals surface area contributed by atoms with Crippen molar-refractivity contribution in [2.24, 2.45) is 11.8 Å². The number of imide groups is 1. The zero-order valence-electron chi connectivity index (χ0n) is 10.5. The summed E-state index contributed by atoms with van der Waals surface area (Å²) in [6.07, 6.45) is 2.24. The summed E-state index contributed by atoms with van der Waals surface area (Å²) in [7, 11) is 0. The molecule has 1 saturated heterocycles. The molecule has 1 aromatic rings. The van der Waals surface area contributed by atoms with Gasteiger partial charge < -0.3 is 5.11 Å². The van der Waals surface area contributed by atoms with E-state index in [2.05, 4.69) is 0 Å². The highest BCUT2D eigenvalue weighted by molar-refractivity contribution is 6.32. The highest BCUT2D eigenvalue weighted by Crippen LogP contribution is 2.42. The van der Waals surface area contributed by atoms with E-state index in [0.717, 1.165) is 11.3 Å². The molecule has 104 valence electrons. The fraction of sp³-hybridized carbons (Fsp3) is 0.357. The largest absolute Gasteiger partial charge is 0.478 e. The quantitative estimate of drug-likeness (QED) is 0.849. The number of carbonyl (C=O) groups is 3. The Morgan fingerprint density at radius 1 is 1.20 bits per heavy atom. The van der Waals surface area contributed by atoms with Crippen LogP contribution in [0.3, 0.4) is 0 Å². The van der Waals surface area contributed by atoms with E-state index in [9.17, 15) is 19.5 Å². The van der Waals surface area contributed by atoms with Gasteiger partial charge >= 0.3 is 5.97 Å². The van der Waals surface area contributed by atoms with Gasteiger partial charge in [0.25, 0.3) is 0 Å². The number of amides is 2. The average molecular weight is 294 g/mol. The number of aromatic carboxylic acids is 1. The van der Waals surface area contributed by atoms with Gasteiger partial charge in [0.05, 0.1) is 23.1 Å². The smallest absolute Gasteiger partial charge is 0.337 e. The summed E-state index contributed by atoms with van der Waals surface area (Å²) < 4.78 is 0. The molecule has 6 heteroatoms. The Labute approximate surface area is 120 Å². The zero-order chi connectivity index (χ0) is 14.4. The molecule has 2 atom stereocenters. The van der Waals surface area contributed by atoms with Gasteiger partial charge in [0.2, 0.25) is 11.8 Å². The Hall–Kier alpha value is -1.88. The molecule has 0 radical (unpaired) electrons. The molecule has 2 aliphatic rings. The second kappa shape index (κ2) is 4.59. The van der Waals surface area contributed by atoms with Crippen LogP contribution in [0.5, 0.6) is 0 Å². The number of hydrogen-bond acceptors (Lipinski definition) is 3. The van der Waals surface area contributed by atoms with Crippen LogP contribution in [0.25, 0.3) is 0 Å². The van der Waals surface area contributed by atoms with Crippen molar-refractivity contribution in [2.75, 3.05) is 4.90 Å². The predicted octanol–water partition coefficient (Wildman–Crippen LogP) is 2.33. The van der Waals surface area contributed by atoms with Gasteiger partial charge in [-0.15, -0.1) is 0 Å². The molecule has 1 N–H and O–H groups in total. The van der Waals surface area contributed by atoms with Gasteiger partial charge in [-0.1, -0.05) is 18.0 Å². The fourth-order valence-corrected chi connectivity index (χ4v) is 3.27. The third-order valence-electron chi connectivity index (χ3n) is 4.02. The van der Waals surface area contributed by atoms with Crippen molar-refractivity contribution in [1.29, 1.82) is 0 Å². The normalized spacial score (nSPS) is 25.1. The Morgan fingerprint density at radius 2 is 1.80 bits per heavy atom. The third-order valence-corrected chi connectivity index (χ3v) is 4.26. The van der Waals surface area contributed by atoms with Crippen LogP contribution in [0.2, 0.25) is 5.02 Å². The number of carboxylic acids is 1. The minimum atomic E-state index is -1.19. The summed E-state index contributed by atoms with van der Waals surface area (Å²) in [5.41, 5.74) is -0.00882. The number of benzene rings is 1. The molecule has 1 heterocycles. The summed E-state index contributed by atoms with van der Waals surface area (Å²) >= 11 is 5.87. The lowest BCUT2D eigenvalue weighted by molar-refractivity contribution is -0.122. The van der Waals surface area contributed by atoms with E-state index in [4.69, 9.17) is 11.6 Å². The standard InChI is InChI=1S/C14H12ClNO4/c15-7-4-5-10(14(19)20)11(6-7)16-12(17)8-2-1-3-9(8)13(16)18/h4-6,8-9H,1-3H2,(H,19,20). The maximum atomic E-state index is 12.4. The van der Waals surface area contributed by atoms with Crippen molar-refractivity contribution >= 4 is 35.1 Å². The summed E-state index contributed by atoms with van der Waals surface area (Å²) in [6, 6.07) is 4.11. The van der Waals surface area contributed by atoms with Crippen LogP contribution in [0.4, 0.5) is 5.69 Å².